The Morgan fingerprint density at radius 2 is 1.77 bits per heavy atom. The Morgan fingerprint density at radius 1 is 1.18 bits per heavy atom. The second-order valence-electron chi connectivity index (χ2n) is 4.69. The average Bonchev–Trinajstić information content (AvgIpc) is 2.50. The van der Waals surface area contributed by atoms with Crippen LogP contribution in [0.4, 0.5) is 0 Å². The molecule has 0 aromatic heterocycles. The van der Waals surface area contributed by atoms with Crippen LogP contribution < -0.4 is 4.72 Å². The van der Waals surface area contributed by atoms with Gasteiger partial charge in [-0.05, 0) is 50.3 Å². The second kappa shape index (κ2) is 7.61. The molecule has 118 valence electrons. The molecule has 0 bridgehead atoms. The summed E-state index contributed by atoms with van der Waals surface area (Å²) in [5.41, 5.74) is 1.67. The van der Waals surface area contributed by atoms with Gasteiger partial charge in [0.1, 0.15) is 0 Å². The van der Waals surface area contributed by atoms with E-state index in [1.54, 1.807) is 12.2 Å². The Balaban J connectivity index is 3.04. The molecule has 0 spiro atoms. The first kappa shape index (κ1) is 17.7. The van der Waals surface area contributed by atoms with Crippen LogP contribution in [0.15, 0.2) is 65.2 Å². The summed E-state index contributed by atoms with van der Waals surface area (Å²) in [6.07, 6.45) is 4.82. The Hall–Kier alpha value is -2.34. The fourth-order valence-electron chi connectivity index (χ4n) is 1.50. The van der Waals surface area contributed by atoms with Gasteiger partial charge in [0.15, 0.2) is 0 Å². The molecular formula is C16H19NO4S. The topological polar surface area (TPSA) is 72.5 Å². The zero-order valence-corrected chi connectivity index (χ0v) is 13.6. The van der Waals surface area contributed by atoms with Gasteiger partial charge in [-0.15, -0.1) is 0 Å². The number of nitrogens with one attached hydrogen (secondary N) is 1. The number of sulfonamides is 1. The highest BCUT2D eigenvalue weighted by molar-refractivity contribution is 7.89. The van der Waals surface area contributed by atoms with Crippen molar-refractivity contribution < 1.29 is 17.9 Å². The van der Waals surface area contributed by atoms with E-state index >= 15 is 0 Å². The molecule has 0 saturated carbocycles. The molecule has 22 heavy (non-hydrogen) atoms. The zero-order valence-electron chi connectivity index (χ0n) is 12.8. The summed E-state index contributed by atoms with van der Waals surface area (Å²) in [5, 5.41) is 0. The number of ether oxygens (including phenoxy) is 1. The lowest BCUT2D eigenvalue weighted by Crippen LogP contribution is -2.22. The SMILES string of the molecule is C=C/C(=C\C=C(C)C)NS(=O)(=O)c1ccc(C(=O)OC)cc1. The first-order chi connectivity index (χ1) is 10.3. The van der Waals surface area contributed by atoms with E-state index in [1.165, 1.54) is 37.5 Å². The summed E-state index contributed by atoms with van der Waals surface area (Å²) in [7, 11) is -2.48. The van der Waals surface area contributed by atoms with Crippen molar-refractivity contribution in [2.24, 2.45) is 0 Å². The molecule has 0 radical (unpaired) electrons. The number of rotatable bonds is 6. The zero-order chi connectivity index (χ0) is 16.8. The Labute approximate surface area is 131 Å². The lowest BCUT2D eigenvalue weighted by atomic mass is 10.2. The standard InChI is InChI=1S/C16H19NO4S/c1-5-14(9-6-12(2)3)17-22(19,20)15-10-7-13(8-11-15)16(18)21-4/h5-11,17H,1H2,2-4H3/b14-9+. The third-order valence-corrected chi connectivity index (χ3v) is 4.05. The summed E-state index contributed by atoms with van der Waals surface area (Å²) in [6, 6.07) is 5.48. The van der Waals surface area contributed by atoms with E-state index in [0.29, 0.717) is 5.70 Å². The Morgan fingerprint density at radius 3 is 2.23 bits per heavy atom. The van der Waals surface area contributed by atoms with Crippen LogP contribution in [0.1, 0.15) is 24.2 Å². The molecule has 1 aromatic rings. The van der Waals surface area contributed by atoms with Crippen molar-refractivity contribution in [3.05, 3.63) is 65.9 Å². The van der Waals surface area contributed by atoms with Crippen molar-refractivity contribution in [1.82, 2.24) is 4.72 Å². The number of hydrogen-bond donors (Lipinski definition) is 1. The van der Waals surface area contributed by atoms with Gasteiger partial charge in [0.05, 0.1) is 17.6 Å². The molecule has 1 rings (SSSR count). The highest BCUT2D eigenvalue weighted by Gasteiger charge is 2.15. The minimum Gasteiger partial charge on any atom is -0.465 e. The van der Waals surface area contributed by atoms with Gasteiger partial charge in [0, 0.05) is 5.70 Å². The quantitative estimate of drug-likeness (QED) is 0.646. The maximum atomic E-state index is 12.3. The lowest BCUT2D eigenvalue weighted by Gasteiger charge is -2.09. The van der Waals surface area contributed by atoms with Crippen molar-refractivity contribution in [1.29, 1.82) is 0 Å². The molecule has 0 atom stereocenters. The van der Waals surface area contributed by atoms with Gasteiger partial charge < -0.3 is 4.74 Å². The third-order valence-electron chi connectivity index (χ3n) is 2.65. The van der Waals surface area contributed by atoms with E-state index in [1.807, 2.05) is 13.8 Å². The second-order valence-corrected chi connectivity index (χ2v) is 6.37. The highest BCUT2D eigenvalue weighted by atomic mass is 32.2. The summed E-state index contributed by atoms with van der Waals surface area (Å²) >= 11 is 0. The molecule has 5 nitrogen and oxygen atoms in total. The molecule has 0 aliphatic rings. The highest BCUT2D eigenvalue weighted by Crippen LogP contribution is 2.13. The third kappa shape index (κ3) is 4.89. The Kier molecular flexibility index (Phi) is 6.12. The summed E-state index contributed by atoms with van der Waals surface area (Å²) in [4.78, 5) is 11.4. The van der Waals surface area contributed by atoms with Crippen LogP contribution in [-0.4, -0.2) is 21.5 Å². The maximum Gasteiger partial charge on any atom is 0.337 e. The van der Waals surface area contributed by atoms with Crippen LogP contribution in [0.5, 0.6) is 0 Å². The van der Waals surface area contributed by atoms with Crippen LogP contribution in [0.25, 0.3) is 0 Å². The van der Waals surface area contributed by atoms with E-state index in [0.717, 1.165) is 5.57 Å². The van der Waals surface area contributed by atoms with Crippen LogP contribution >= 0.6 is 0 Å². The van der Waals surface area contributed by atoms with Gasteiger partial charge in [-0.3, -0.25) is 4.72 Å². The van der Waals surface area contributed by atoms with Gasteiger partial charge >= 0.3 is 5.97 Å². The number of esters is 1. The molecule has 0 aliphatic carbocycles. The van der Waals surface area contributed by atoms with Crippen molar-refractivity contribution in [3.63, 3.8) is 0 Å². The first-order valence-electron chi connectivity index (χ1n) is 6.49. The van der Waals surface area contributed by atoms with E-state index in [-0.39, 0.29) is 10.5 Å². The number of allylic oxidation sites excluding steroid dienone is 4. The molecule has 0 fully saturated rings. The molecule has 6 heteroatoms. The fourth-order valence-corrected chi connectivity index (χ4v) is 2.58. The summed E-state index contributed by atoms with van der Waals surface area (Å²) < 4.78 is 31.5. The number of carbonyl (C=O) groups is 1. The van der Waals surface area contributed by atoms with Gasteiger partial charge in [-0.25, -0.2) is 13.2 Å². The van der Waals surface area contributed by atoms with Crippen LogP contribution in [0, 0.1) is 0 Å². The predicted molar refractivity (Wildman–Crippen MR) is 85.8 cm³/mol. The number of benzene rings is 1. The van der Waals surface area contributed by atoms with E-state index in [2.05, 4.69) is 16.0 Å². The Bertz CT molecular complexity index is 709. The normalized spacial score (nSPS) is 11.5. The van der Waals surface area contributed by atoms with E-state index in [4.69, 9.17) is 0 Å². The van der Waals surface area contributed by atoms with Crippen LogP contribution in [0.2, 0.25) is 0 Å². The van der Waals surface area contributed by atoms with E-state index < -0.39 is 16.0 Å². The number of hydrogen-bond acceptors (Lipinski definition) is 4. The van der Waals surface area contributed by atoms with E-state index in [9.17, 15) is 13.2 Å². The minimum absolute atomic E-state index is 0.0464. The molecule has 1 N–H and O–H groups in total. The van der Waals surface area contributed by atoms with Crippen molar-refractivity contribution in [2.75, 3.05) is 7.11 Å². The predicted octanol–water partition coefficient (Wildman–Crippen LogP) is 2.79. The molecule has 0 unspecified atom stereocenters. The molecule has 0 amide bonds. The molecular weight excluding hydrogens is 302 g/mol. The number of carbonyl (C=O) groups excluding carboxylic acids is 1. The maximum absolute atomic E-state index is 12.3. The molecule has 0 saturated heterocycles. The van der Waals surface area contributed by atoms with Gasteiger partial charge in [0.25, 0.3) is 10.0 Å². The van der Waals surface area contributed by atoms with Crippen LogP contribution in [0.3, 0.4) is 0 Å². The molecule has 0 heterocycles. The first-order valence-corrected chi connectivity index (χ1v) is 7.97. The summed E-state index contributed by atoms with van der Waals surface area (Å²) in [5.74, 6) is -0.521. The van der Waals surface area contributed by atoms with Gasteiger partial charge in [-0.1, -0.05) is 18.2 Å². The van der Waals surface area contributed by atoms with Crippen LogP contribution in [-0.2, 0) is 14.8 Å². The van der Waals surface area contributed by atoms with Gasteiger partial charge in [0.2, 0.25) is 0 Å². The average molecular weight is 321 g/mol. The minimum atomic E-state index is -3.74. The lowest BCUT2D eigenvalue weighted by molar-refractivity contribution is 0.0600. The van der Waals surface area contributed by atoms with Gasteiger partial charge in [-0.2, -0.15) is 0 Å². The number of methoxy groups -OCH3 is 1. The molecule has 1 aromatic carbocycles. The van der Waals surface area contributed by atoms with Crippen molar-refractivity contribution in [2.45, 2.75) is 18.7 Å². The largest absolute Gasteiger partial charge is 0.465 e. The summed E-state index contributed by atoms with van der Waals surface area (Å²) in [6.45, 7) is 7.38. The fraction of sp³-hybridized carbons (Fsp3) is 0.188. The van der Waals surface area contributed by atoms with Crippen molar-refractivity contribution in [3.8, 4) is 0 Å². The van der Waals surface area contributed by atoms with Crippen molar-refractivity contribution >= 4 is 16.0 Å². The molecule has 0 aliphatic heterocycles. The monoisotopic (exact) mass is 321 g/mol. The smallest absolute Gasteiger partial charge is 0.337 e.